The number of rotatable bonds is 1. The highest BCUT2D eigenvalue weighted by Gasteiger charge is 2.19. The van der Waals surface area contributed by atoms with Gasteiger partial charge in [-0.2, -0.15) is 4.98 Å². The summed E-state index contributed by atoms with van der Waals surface area (Å²) in [6.07, 6.45) is 3.81. The van der Waals surface area contributed by atoms with Gasteiger partial charge in [0.2, 0.25) is 17.7 Å². The Kier molecular flexibility index (Phi) is 5.56. The average Bonchev–Trinajstić information content (AvgIpc) is 3.33. The lowest BCUT2D eigenvalue weighted by atomic mass is 10.1. The first-order valence-electron chi connectivity index (χ1n) is 12.0. The molecule has 0 saturated carbocycles. The molecule has 1 amide bonds. The van der Waals surface area contributed by atoms with E-state index in [4.69, 9.17) is 14.1 Å². The summed E-state index contributed by atoms with van der Waals surface area (Å²) < 4.78 is 12.0. The zero-order valence-electron chi connectivity index (χ0n) is 20.6. The maximum Gasteiger partial charge on any atom is 0.229 e. The van der Waals surface area contributed by atoms with Crippen LogP contribution in [0.3, 0.4) is 0 Å². The van der Waals surface area contributed by atoms with E-state index in [2.05, 4.69) is 25.6 Å². The number of pyridine rings is 3. The average molecular weight is 496 g/mol. The molecule has 2 N–H and O–H groups in total. The molecule has 5 aromatic rings. The van der Waals surface area contributed by atoms with Crippen LogP contribution in [0.1, 0.15) is 13.3 Å². The number of oxazole rings is 1. The molecule has 4 aromatic heterocycles. The second kappa shape index (κ2) is 9.05. The number of nitrogens with zero attached hydrogens (tertiary/aromatic N) is 5. The number of amides is 1. The number of nitrogens with one attached hydrogen (secondary N) is 2. The maximum atomic E-state index is 13.0. The number of ether oxygens (including phenoxy) is 1. The summed E-state index contributed by atoms with van der Waals surface area (Å²) in [6.45, 7) is 2.34. The number of hydrogen-bond acceptors (Lipinski definition) is 9. The highest BCUT2D eigenvalue weighted by molar-refractivity contribution is 6.02. The van der Waals surface area contributed by atoms with Crippen molar-refractivity contribution in [2.75, 3.05) is 36.2 Å². The Morgan fingerprint density at radius 1 is 1.05 bits per heavy atom. The van der Waals surface area contributed by atoms with Crippen LogP contribution in [0, 0.1) is 5.92 Å². The second-order valence-electron chi connectivity index (χ2n) is 9.12. The third kappa shape index (κ3) is 4.26. The predicted octanol–water partition coefficient (Wildman–Crippen LogP) is 5.00. The number of carbonyl (C=O) groups is 1. The fraction of sp³-hybridized carbons (Fsp3) is 0.222. The molecule has 186 valence electrons. The van der Waals surface area contributed by atoms with Crippen LogP contribution in [0.25, 0.3) is 33.3 Å². The van der Waals surface area contributed by atoms with E-state index >= 15 is 0 Å². The maximum absolute atomic E-state index is 13.0. The van der Waals surface area contributed by atoms with E-state index in [0.29, 0.717) is 53.4 Å². The van der Waals surface area contributed by atoms with Crippen LogP contribution in [0.2, 0.25) is 0 Å². The molecule has 10 heteroatoms. The Bertz CT molecular complexity index is 1650. The standard InChI is InChI=1S/C27H25N7O3/c1-15-9-25(35)34(3)16-7-8-21-20(10-16)31-27(37-21)19-13-30-26(28-2)18-12-29-23(11-17(18)19)32-22-5-4-6-24(33-22)36-14-15/h4-8,10-13,15H,9,14H2,1-3H3,(H,28,30)(H,29,32,33). The summed E-state index contributed by atoms with van der Waals surface area (Å²) in [5.41, 5.74) is 2.73. The minimum atomic E-state index is -0.0175. The van der Waals surface area contributed by atoms with Crippen molar-refractivity contribution < 1.29 is 13.9 Å². The van der Waals surface area contributed by atoms with Gasteiger partial charge in [0, 0.05) is 55.4 Å². The van der Waals surface area contributed by atoms with Crippen molar-refractivity contribution in [1.29, 1.82) is 0 Å². The topological polar surface area (TPSA) is 118 Å². The molecule has 1 aliphatic rings. The Balaban J connectivity index is 1.53. The van der Waals surface area contributed by atoms with Crippen molar-refractivity contribution in [1.82, 2.24) is 19.9 Å². The van der Waals surface area contributed by atoms with Crippen molar-refractivity contribution in [3.8, 4) is 17.3 Å². The second-order valence-corrected chi connectivity index (χ2v) is 9.12. The van der Waals surface area contributed by atoms with Crippen molar-refractivity contribution >= 4 is 50.9 Å². The summed E-state index contributed by atoms with van der Waals surface area (Å²) >= 11 is 0. The smallest absolute Gasteiger partial charge is 0.229 e. The normalized spacial score (nSPS) is 15.9. The molecule has 6 rings (SSSR count). The molecule has 7 bridgehead atoms. The monoisotopic (exact) mass is 495 g/mol. The highest BCUT2D eigenvalue weighted by atomic mass is 16.5. The molecule has 0 spiro atoms. The van der Waals surface area contributed by atoms with E-state index in [1.165, 1.54) is 0 Å². The summed E-state index contributed by atoms with van der Waals surface area (Å²) in [7, 11) is 3.58. The van der Waals surface area contributed by atoms with Crippen molar-refractivity contribution in [3.05, 3.63) is 54.9 Å². The van der Waals surface area contributed by atoms with Crippen molar-refractivity contribution in [3.63, 3.8) is 0 Å². The molecule has 37 heavy (non-hydrogen) atoms. The van der Waals surface area contributed by atoms with Crippen LogP contribution in [-0.4, -0.2) is 46.5 Å². The molecule has 1 aliphatic heterocycles. The molecule has 0 fully saturated rings. The number of fused-ring (bicyclic) bond motifs is 6. The minimum absolute atomic E-state index is 0.00900. The Labute approximate surface area is 212 Å². The summed E-state index contributed by atoms with van der Waals surface area (Å²) in [5, 5.41) is 8.05. The first-order chi connectivity index (χ1) is 18.0. The van der Waals surface area contributed by atoms with Crippen molar-refractivity contribution in [2.24, 2.45) is 5.92 Å². The summed E-state index contributed by atoms with van der Waals surface area (Å²) in [4.78, 5) is 33.1. The molecule has 0 aliphatic carbocycles. The van der Waals surface area contributed by atoms with Gasteiger partial charge in [0.05, 0.1) is 12.2 Å². The predicted molar refractivity (Wildman–Crippen MR) is 142 cm³/mol. The van der Waals surface area contributed by atoms with E-state index in [0.717, 1.165) is 22.0 Å². The first kappa shape index (κ1) is 22.7. The fourth-order valence-corrected chi connectivity index (χ4v) is 4.37. The molecule has 1 atom stereocenters. The SMILES string of the molecule is CNc1ncc2c3cc(ncc13)Nc1cccc(n1)OCC(C)CC(=O)N(C)c1ccc3oc-2nc3c1. The number of anilines is 4. The van der Waals surface area contributed by atoms with Crippen LogP contribution >= 0.6 is 0 Å². The third-order valence-corrected chi connectivity index (χ3v) is 6.39. The van der Waals surface area contributed by atoms with Gasteiger partial charge >= 0.3 is 0 Å². The Hall–Kier alpha value is -4.73. The van der Waals surface area contributed by atoms with E-state index in [1.54, 1.807) is 30.4 Å². The highest BCUT2D eigenvalue weighted by Crippen LogP contribution is 2.35. The summed E-state index contributed by atoms with van der Waals surface area (Å²) in [5.74, 6) is 2.75. The van der Waals surface area contributed by atoms with Gasteiger partial charge < -0.3 is 24.7 Å². The van der Waals surface area contributed by atoms with Gasteiger partial charge in [-0.15, -0.1) is 0 Å². The zero-order valence-corrected chi connectivity index (χ0v) is 20.6. The van der Waals surface area contributed by atoms with E-state index < -0.39 is 0 Å². The fourth-order valence-electron chi connectivity index (χ4n) is 4.37. The minimum Gasteiger partial charge on any atom is -0.477 e. The van der Waals surface area contributed by atoms with Gasteiger partial charge in [-0.1, -0.05) is 13.0 Å². The number of benzene rings is 1. The number of hydrogen-bond donors (Lipinski definition) is 2. The largest absolute Gasteiger partial charge is 0.477 e. The molecule has 0 saturated heterocycles. The Morgan fingerprint density at radius 2 is 1.95 bits per heavy atom. The van der Waals surface area contributed by atoms with Gasteiger partial charge in [0.1, 0.15) is 23.0 Å². The molecular formula is C27H25N7O3. The van der Waals surface area contributed by atoms with Gasteiger partial charge in [-0.05, 0) is 36.2 Å². The third-order valence-electron chi connectivity index (χ3n) is 6.39. The number of aromatic nitrogens is 4. The summed E-state index contributed by atoms with van der Waals surface area (Å²) in [6, 6.07) is 13.0. The lowest BCUT2D eigenvalue weighted by Crippen LogP contribution is -2.29. The van der Waals surface area contributed by atoms with Gasteiger partial charge in [0.25, 0.3) is 0 Å². The van der Waals surface area contributed by atoms with Crippen LogP contribution in [0.5, 0.6) is 5.88 Å². The van der Waals surface area contributed by atoms with Crippen LogP contribution in [0.4, 0.5) is 23.1 Å². The molecule has 10 nitrogen and oxygen atoms in total. The number of carbonyl (C=O) groups excluding carboxylic acids is 1. The van der Waals surface area contributed by atoms with Crippen LogP contribution in [-0.2, 0) is 4.79 Å². The van der Waals surface area contributed by atoms with E-state index in [-0.39, 0.29) is 11.8 Å². The molecule has 0 radical (unpaired) electrons. The van der Waals surface area contributed by atoms with Gasteiger partial charge in [-0.3, -0.25) is 4.79 Å². The molecule has 1 unspecified atom stereocenters. The van der Waals surface area contributed by atoms with E-state index in [1.807, 2.05) is 50.4 Å². The van der Waals surface area contributed by atoms with Crippen LogP contribution in [0.15, 0.2) is 59.3 Å². The lowest BCUT2D eigenvalue weighted by Gasteiger charge is -2.20. The first-order valence-corrected chi connectivity index (χ1v) is 12.0. The van der Waals surface area contributed by atoms with Crippen molar-refractivity contribution in [2.45, 2.75) is 13.3 Å². The Morgan fingerprint density at radius 3 is 2.81 bits per heavy atom. The zero-order chi connectivity index (χ0) is 25.5. The quantitative estimate of drug-likeness (QED) is 0.331. The van der Waals surface area contributed by atoms with Gasteiger partial charge in [0.15, 0.2) is 5.58 Å². The molecule has 5 heterocycles. The lowest BCUT2D eigenvalue weighted by molar-refractivity contribution is -0.119. The molecule has 1 aromatic carbocycles. The van der Waals surface area contributed by atoms with Crippen LogP contribution < -0.4 is 20.3 Å². The van der Waals surface area contributed by atoms with Gasteiger partial charge in [-0.25, -0.2) is 15.0 Å². The van der Waals surface area contributed by atoms with E-state index in [9.17, 15) is 4.79 Å². The molecular weight excluding hydrogens is 470 g/mol.